The lowest BCUT2D eigenvalue weighted by Gasteiger charge is -2.32. The first kappa shape index (κ1) is 22.2. The summed E-state index contributed by atoms with van der Waals surface area (Å²) in [6.45, 7) is 5.49. The molecule has 1 aliphatic rings. The zero-order valence-corrected chi connectivity index (χ0v) is 17.6. The molecule has 3 rings (SSSR count). The highest BCUT2D eigenvalue weighted by atomic mass is 32.1. The van der Waals surface area contributed by atoms with Crippen molar-refractivity contribution in [2.24, 2.45) is 0 Å². The Balaban J connectivity index is 1.33. The number of carbonyl (C=O) groups is 2. The fourth-order valence-electron chi connectivity index (χ4n) is 2.86. The lowest BCUT2D eigenvalue weighted by atomic mass is 10.3. The molecule has 0 spiro atoms. The number of piperazine rings is 1. The molecule has 0 aliphatic carbocycles. The first-order chi connectivity index (χ1) is 14.5. The van der Waals surface area contributed by atoms with Crippen LogP contribution in [0.2, 0.25) is 0 Å². The van der Waals surface area contributed by atoms with E-state index < -0.39 is 11.7 Å². The lowest BCUT2D eigenvalue weighted by Crippen LogP contribution is -2.47. The van der Waals surface area contributed by atoms with Crippen molar-refractivity contribution in [2.45, 2.75) is 6.61 Å². The summed E-state index contributed by atoms with van der Waals surface area (Å²) in [5.41, 5.74) is 0.334. The standard InChI is InChI=1S/C19H25FN6O3S/c1-25-7-9-26(10-8-25)6-5-21-16(27)12-29-13-17-23-24-19(30-17)18(28)22-15-4-2-3-14(20)11-15/h2-4,11H,5-10,12-13H2,1H3,(H,21,27)(H,22,28). The Labute approximate surface area is 178 Å². The van der Waals surface area contributed by atoms with Crippen molar-refractivity contribution < 1.29 is 18.7 Å². The van der Waals surface area contributed by atoms with Crippen molar-refractivity contribution in [3.8, 4) is 0 Å². The molecule has 2 heterocycles. The van der Waals surface area contributed by atoms with Gasteiger partial charge < -0.3 is 20.3 Å². The Kier molecular flexibility index (Phi) is 8.20. The van der Waals surface area contributed by atoms with Gasteiger partial charge in [0.05, 0.1) is 0 Å². The van der Waals surface area contributed by atoms with Gasteiger partial charge in [-0.2, -0.15) is 0 Å². The number of carbonyl (C=O) groups excluding carboxylic acids is 2. The van der Waals surface area contributed by atoms with Gasteiger partial charge in [-0.1, -0.05) is 17.4 Å². The van der Waals surface area contributed by atoms with Crippen LogP contribution < -0.4 is 10.6 Å². The molecule has 0 bridgehead atoms. The second-order valence-electron chi connectivity index (χ2n) is 6.95. The van der Waals surface area contributed by atoms with Crippen molar-refractivity contribution in [3.63, 3.8) is 0 Å². The van der Waals surface area contributed by atoms with E-state index in [0.717, 1.165) is 44.1 Å². The third kappa shape index (κ3) is 7.10. The van der Waals surface area contributed by atoms with Crippen LogP contribution in [0.5, 0.6) is 0 Å². The highest BCUT2D eigenvalue weighted by Gasteiger charge is 2.15. The molecule has 2 N–H and O–H groups in total. The number of rotatable bonds is 9. The summed E-state index contributed by atoms with van der Waals surface area (Å²) >= 11 is 1.06. The number of likely N-dealkylation sites (N-methyl/N-ethyl adjacent to an activating group) is 1. The molecule has 30 heavy (non-hydrogen) atoms. The number of nitrogens with one attached hydrogen (secondary N) is 2. The third-order valence-corrected chi connectivity index (χ3v) is 5.44. The van der Waals surface area contributed by atoms with E-state index in [-0.39, 0.29) is 24.1 Å². The highest BCUT2D eigenvalue weighted by molar-refractivity contribution is 7.13. The maximum atomic E-state index is 13.2. The van der Waals surface area contributed by atoms with Gasteiger partial charge in [-0.25, -0.2) is 4.39 Å². The molecule has 2 amide bonds. The summed E-state index contributed by atoms with van der Waals surface area (Å²) in [6.07, 6.45) is 0. The van der Waals surface area contributed by atoms with Crippen LogP contribution in [0.15, 0.2) is 24.3 Å². The molecule has 0 saturated carbocycles. The largest absolute Gasteiger partial charge is 0.364 e. The van der Waals surface area contributed by atoms with Crippen LogP contribution in [0, 0.1) is 5.82 Å². The molecule has 1 aromatic carbocycles. The molecule has 0 atom stereocenters. The van der Waals surface area contributed by atoms with Gasteiger partial charge in [0.15, 0.2) is 0 Å². The number of benzene rings is 1. The van der Waals surface area contributed by atoms with Crippen molar-refractivity contribution in [2.75, 3.05) is 58.2 Å². The minimum absolute atomic E-state index is 0.0802. The van der Waals surface area contributed by atoms with Crippen LogP contribution in [-0.2, 0) is 16.1 Å². The molecule has 1 saturated heterocycles. The smallest absolute Gasteiger partial charge is 0.286 e. The van der Waals surface area contributed by atoms with Gasteiger partial charge in [-0.05, 0) is 25.2 Å². The predicted molar refractivity (Wildman–Crippen MR) is 111 cm³/mol. The van der Waals surface area contributed by atoms with E-state index in [4.69, 9.17) is 4.74 Å². The molecule has 1 fully saturated rings. The predicted octanol–water partition coefficient (Wildman–Crippen LogP) is 0.810. The van der Waals surface area contributed by atoms with Crippen LogP contribution >= 0.6 is 11.3 Å². The SMILES string of the molecule is CN1CCN(CCNC(=O)COCc2nnc(C(=O)Nc3cccc(F)c3)s2)CC1. The average molecular weight is 437 g/mol. The Morgan fingerprint density at radius 3 is 2.80 bits per heavy atom. The van der Waals surface area contributed by atoms with Crippen molar-refractivity contribution in [1.29, 1.82) is 0 Å². The van der Waals surface area contributed by atoms with Gasteiger partial charge in [0.2, 0.25) is 10.9 Å². The molecule has 11 heteroatoms. The summed E-state index contributed by atoms with van der Waals surface area (Å²) in [6, 6.07) is 5.58. The quantitative estimate of drug-likeness (QED) is 0.600. The van der Waals surface area contributed by atoms with Gasteiger partial charge in [-0.15, -0.1) is 10.2 Å². The van der Waals surface area contributed by atoms with Crippen LogP contribution in [0.4, 0.5) is 10.1 Å². The molecule has 9 nitrogen and oxygen atoms in total. The Bertz CT molecular complexity index is 856. The summed E-state index contributed by atoms with van der Waals surface area (Å²) in [5.74, 6) is -1.12. The molecule has 1 aliphatic heterocycles. The second-order valence-corrected chi connectivity index (χ2v) is 8.02. The van der Waals surface area contributed by atoms with Gasteiger partial charge in [0.25, 0.3) is 5.91 Å². The Hall–Kier alpha value is -2.47. The summed E-state index contributed by atoms with van der Waals surface area (Å²) in [7, 11) is 2.11. The average Bonchev–Trinajstić information content (AvgIpc) is 3.19. The minimum atomic E-state index is -0.481. The van der Waals surface area contributed by atoms with Crippen LogP contribution in [0.25, 0.3) is 0 Å². The molecule has 162 valence electrons. The van der Waals surface area contributed by atoms with Gasteiger partial charge in [0.1, 0.15) is 24.0 Å². The molecular weight excluding hydrogens is 411 g/mol. The summed E-state index contributed by atoms with van der Waals surface area (Å²) in [5, 5.41) is 13.7. The van der Waals surface area contributed by atoms with E-state index >= 15 is 0 Å². The maximum Gasteiger partial charge on any atom is 0.286 e. The topological polar surface area (TPSA) is 99.7 Å². The zero-order chi connectivity index (χ0) is 21.3. The monoisotopic (exact) mass is 436 g/mol. The highest BCUT2D eigenvalue weighted by Crippen LogP contribution is 2.15. The number of hydrogen-bond donors (Lipinski definition) is 2. The molecule has 1 aromatic heterocycles. The van der Waals surface area contributed by atoms with Crippen molar-refractivity contribution in [3.05, 3.63) is 40.1 Å². The number of ether oxygens (including phenoxy) is 1. The molecule has 0 radical (unpaired) electrons. The van der Waals surface area contributed by atoms with Crippen LogP contribution in [0.3, 0.4) is 0 Å². The van der Waals surface area contributed by atoms with Crippen LogP contribution in [-0.4, -0.2) is 84.7 Å². The van der Waals surface area contributed by atoms with Gasteiger partial charge >= 0.3 is 0 Å². The maximum absolute atomic E-state index is 13.2. The Morgan fingerprint density at radius 1 is 1.23 bits per heavy atom. The van der Waals surface area contributed by atoms with Gasteiger partial charge in [0, 0.05) is 45.0 Å². The first-order valence-electron chi connectivity index (χ1n) is 9.64. The second kappa shape index (κ2) is 11.1. The normalized spacial score (nSPS) is 15.1. The first-order valence-corrected chi connectivity index (χ1v) is 10.5. The number of aromatic nitrogens is 2. The van der Waals surface area contributed by atoms with Crippen molar-refractivity contribution >= 4 is 28.8 Å². The van der Waals surface area contributed by atoms with E-state index in [1.165, 1.54) is 18.2 Å². The van der Waals surface area contributed by atoms with E-state index in [1.54, 1.807) is 6.07 Å². The van der Waals surface area contributed by atoms with E-state index in [2.05, 4.69) is 37.7 Å². The van der Waals surface area contributed by atoms with E-state index in [0.29, 0.717) is 17.2 Å². The number of halogens is 1. The number of anilines is 1. The molecule has 0 unspecified atom stereocenters. The zero-order valence-electron chi connectivity index (χ0n) is 16.8. The van der Waals surface area contributed by atoms with Crippen molar-refractivity contribution in [1.82, 2.24) is 25.3 Å². The van der Waals surface area contributed by atoms with Crippen LogP contribution in [0.1, 0.15) is 14.8 Å². The number of hydrogen-bond acceptors (Lipinski definition) is 8. The molecule has 2 aromatic rings. The summed E-state index contributed by atoms with van der Waals surface area (Å²) < 4.78 is 18.5. The summed E-state index contributed by atoms with van der Waals surface area (Å²) in [4.78, 5) is 28.6. The number of amides is 2. The fraction of sp³-hybridized carbons (Fsp3) is 0.474. The van der Waals surface area contributed by atoms with E-state index in [9.17, 15) is 14.0 Å². The fourth-order valence-corrected chi connectivity index (χ4v) is 3.53. The minimum Gasteiger partial charge on any atom is -0.364 e. The molecular formula is C19H25FN6O3S. The Morgan fingerprint density at radius 2 is 2.03 bits per heavy atom. The van der Waals surface area contributed by atoms with E-state index in [1.807, 2.05) is 0 Å². The van der Waals surface area contributed by atoms with Gasteiger partial charge in [-0.3, -0.25) is 14.5 Å². The lowest BCUT2D eigenvalue weighted by molar-refractivity contribution is -0.126. The third-order valence-electron chi connectivity index (χ3n) is 4.55. The number of nitrogens with zero attached hydrogens (tertiary/aromatic N) is 4.